The van der Waals surface area contributed by atoms with Gasteiger partial charge in [0, 0.05) is 13.6 Å². The molecule has 4 heteroatoms. The largest absolute Gasteiger partial charge is 0.344 e. The van der Waals surface area contributed by atoms with Crippen molar-refractivity contribution in [2.45, 2.75) is 32.7 Å². The second-order valence-electron chi connectivity index (χ2n) is 4.93. The molecule has 0 aliphatic rings. The Morgan fingerprint density at radius 2 is 2.16 bits per heavy atom. The molecule has 0 aliphatic carbocycles. The average molecular weight is 259 g/mol. The molecule has 2 rings (SSSR count). The molecule has 2 aromatic rings. The van der Waals surface area contributed by atoms with Crippen LogP contribution in [0.2, 0.25) is 0 Å². The van der Waals surface area contributed by atoms with E-state index in [0.29, 0.717) is 0 Å². The number of unbranched alkanes of at least 4 members (excludes halogenated alkanes) is 1. The molecular weight excluding hydrogens is 238 g/mol. The predicted octanol–water partition coefficient (Wildman–Crippen LogP) is 2.86. The molecule has 0 fully saturated rings. The highest BCUT2D eigenvalue weighted by Crippen LogP contribution is 2.18. The number of likely N-dealkylation sites (N-methyl/N-ethyl adjacent to an activating group) is 1. The maximum atomic E-state index is 12.4. The molecular formula is C15H21N3O. The number of para-hydroxylation sites is 2. The maximum Gasteiger partial charge on any atom is 0.245 e. The minimum Gasteiger partial charge on any atom is -0.344 e. The van der Waals surface area contributed by atoms with Crippen LogP contribution in [0, 0.1) is 0 Å². The van der Waals surface area contributed by atoms with Gasteiger partial charge in [0.05, 0.1) is 17.4 Å². The van der Waals surface area contributed by atoms with Crippen LogP contribution in [0.3, 0.4) is 0 Å². The van der Waals surface area contributed by atoms with Crippen LogP contribution in [0.5, 0.6) is 0 Å². The highest BCUT2D eigenvalue weighted by molar-refractivity contribution is 5.83. The number of hydrogen-bond acceptors (Lipinski definition) is 2. The van der Waals surface area contributed by atoms with Crippen LogP contribution in [0.1, 0.15) is 32.7 Å². The molecule has 0 radical (unpaired) electrons. The molecule has 0 spiro atoms. The van der Waals surface area contributed by atoms with Crippen LogP contribution in [-0.4, -0.2) is 34.0 Å². The molecule has 0 aliphatic heterocycles. The average Bonchev–Trinajstić information content (AvgIpc) is 2.87. The number of nitrogens with zero attached hydrogens (tertiary/aromatic N) is 3. The lowest BCUT2D eigenvalue weighted by atomic mass is 10.2. The lowest BCUT2D eigenvalue weighted by molar-refractivity contribution is -0.132. The monoisotopic (exact) mass is 259 g/mol. The maximum absolute atomic E-state index is 12.4. The highest BCUT2D eigenvalue weighted by atomic mass is 16.2. The molecule has 0 saturated heterocycles. The first-order valence-electron chi connectivity index (χ1n) is 6.81. The van der Waals surface area contributed by atoms with E-state index in [1.54, 1.807) is 6.33 Å². The summed E-state index contributed by atoms with van der Waals surface area (Å²) in [6.45, 7) is 4.87. The number of aromatic nitrogens is 2. The van der Waals surface area contributed by atoms with Gasteiger partial charge in [-0.25, -0.2) is 4.98 Å². The van der Waals surface area contributed by atoms with Gasteiger partial charge in [0.15, 0.2) is 0 Å². The number of carbonyl (C=O) groups excluding carboxylic acids is 1. The van der Waals surface area contributed by atoms with Crippen molar-refractivity contribution in [1.82, 2.24) is 14.5 Å². The number of imidazole rings is 1. The van der Waals surface area contributed by atoms with E-state index >= 15 is 0 Å². The molecule has 0 bridgehead atoms. The van der Waals surface area contributed by atoms with Gasteiger partial charge < -0.3 is 9.47 Å². The Bertz CT molecular complexity index is 561. The zero-order valence-corrected chi connectivity index (χ0v) is 11.8. The van der Waals surface area contributed by atoms with Gasteiger partial charge in [-0.3, -0.25) is 4.79 Å². The van der Waals surface area contributed by atoms with Crippen molar-refractivity contribution in [2.75, 3.05) is 13.6 Å². The normalized spacial score (nSPS) is 12.6. The molecule has 1 atom stereocenters. The summed E-state index contributed by atoms with van der Waals surface area (Å²) in [5.74, 6) is 0.136. The molecule has 1 heterocycles. The topological polar surface area (TPSA) is 38.1 Å². The van der Waals surface area contributed by atoms with Crippen molar-refractivity contribution in [3.63, 3.8) is 0 Å². The molecule has 0 saturated carbocycles. The molecule has 4 nitrogen and oxygen atoms in total. The second-order valence-corrected chi connectivity index (χ2v) is 4.93. The first kappa shape index (κ1) is 13.6. The van der Waals surface area contributed by atoms with Crippen LogP contribution < -0.4 is 0 Å². The number of amides is 1. The SMILES string of the molecule is CCCCN(C)C(=O)[C@H](C)n1cnc2ccccc21. The van der Waals surface area contributed by atoms with Crippen LogP contribution in [-0.2, 0) is 4.79 Å². The van der Waals surface area contributed by atoms with Gasteiger partial charge in [0.2, 0.25) is 5.91 Å². The number of benzene rings is 1. The van der Waals surface area contributed by atoms with Gasteiger partial charge in [-0.2, -0.15) is 0 Å². The number of carbonyl (C=O) groups is 1. The lowest BCUT2D eigenvalue weighted by Crippen LogP contribution is -2.33. The van der Waals surface area contributed by atoms with E-state index in [-0.39, 0.29) is 11.9 Å². The molecule has 1 aromatic heterocycles. The van der Waals surface area contributed by atoms with Crippen LogP contribution >= 0.6 is 0 Å². The second kappa shape index (κ2) is 5.87. The fourth-order valence-electron chi connectivity index (χ4n) is 2.23. The van der Waals surface area contributed by atoms with Gasteiger partial charge in [-0.1, -0.05) is 25.5 Å². The van der Waals surface area contributed by atoms with Crippen LogP contribution in [0.25, 0.3) is 11.0 Å². The summed E-state index contributed by atoms with van der Waals surface area (Å²) >= 11 is 0. The van der Waals surface area contributed by atoms with Crippen molar-refractivity contribution in [1.29, 1.82) is 0 Å². The van der Waals surface area contributed by atoms with Gasteiger partial charge in [-0.05, 0) is 25.5 Å². The van der Waals surface area contributed by atoms with E-state index in [1.165, 1.54) is 0 Å². The minimum absolute atomic E-state index is 0.136. The Hall–Kier alpha value is -1.84. The summed E-state index contributed by atoms with van der Waals surface area (Å²) < 4.78 is 1.94. The molecule has 0 N–H and O–H groups in total. The van der Waals surface area contributed by atoms with E-state index in [0.717, 1.165) is 30.4 Å². The third-order valence-corrected chi connectivity index (χ3v) is 3.48. The fraction of sp³-hybridized carbons (Fsp3) is 0.467. The summed E-state index contributed by atoms with van der Waals surface area (Å²) in [4.78, 5) is 18.5. The van der Waals surface area contributed by atoms with Crippen molar-refractivity contribution >= 4 is 16.9 Å². The van der Waals surface area contributed by atoms with Crippen LogP contribution in [0.15, 0.2) is 30.6 Å². The Labute approximate surface area is 114 Å². The Kier molecular flexibility index (Phi) is 4.20. The first-order valence-corrected chi connectivity index (χ1v) is 6.81. The number of hydrogen-bond donors (Lipinski definition) is 0. The summed E-state index contributed by atoms with van der Waals surface area (Å²) in [5, 5.41) is 0. The molecule has 19 heavy (non-hydrogen) atoms. The molecule has 1 amide bonds. The zero-order valence-electron chi connectivity index (χ0n) is 11.8. The predicted molar refractivity (Wildman–Crippen MR) is 77.0 cm³/mol. The first-order chi connectivity index (χ1) is 9.15. The summed E-state index contributed by atoms with van der Waals surface area (Å²) in [7, 11) is 1.87. The van der Waals surface area contributed by atoms with Crippen molar-refractivity contribution < 1.29 is 4.79 Å². The van der Waals surface area contributed by atoms with Crippen molar-refractivity contribution in [2.24, 2.45) is 0 Å². The summed E-state index contributed by atoms with van der Waals surface area (Å²) in [6, 6.07) is 7.68. The zero-order chi connectivity index (χ0) is 13.8. The van der Waals surface area contributed by atoms with Gasteiger partial charge in [-0.15, -0.1) is 0 Å². The van der Waals surface area contributed by atoms with Crippen molar-refractivity contribution in [3.05, 3.63) is 30.6 Å². The van der Waals surface area contributed by atoms with Gasteiger partial charge in [0.1, 0.15) is 6.04 Å². The minimum atomic E-state index is -0.214. The van der Waals surface area contributed by atoms with Gasteiger partial charge in [0.25, 0.3) is 0 Å². The third kappa shape index (κ3) is 2.78. The molecule has 0 unspecified atom stereocenters. The Morgan fingerprint density at radius 3 is 2.89 bits per heavy atom. The third-order valence-electron chi connectivity index (χ3n) is 3.48. The lowest BCUT2D eigenvalue weighted by Gasteiger charge is -2.22. The van der Waals surface area contributed by atoms with E-state index in [9.17, 15) is 4.79 Å². The standard InChI is InChI=1S/C15H21N3O/c1-4-5-10-17(3)15(19)12(2)18-11-16-13-8-6-7-9-14(13)18/h6-9,11-12H,4-5,10H2,1-3H3/t12-/m0/s1. The molecule has 1 aromatic carbocycles. The Balaban J connectivity index is 2.19. The Morgan fingerprint density at radius 1 is 1.42 bits per heavy atom. The fourth-order valence-corrected chi connectivity index (χ4v) is 2.23. The summed E-state index contributed by atoms with van der Waals surface area (Å²) in [6.07, 6.45) is 3.89. The van der Waals surface area contributed by atoms with Crippen LogP contribution in [0.4, 0.5) is 0 Å². The summed E-state index contributed by atoms with van der Waals surface area (Å²) in [5.41, 5.74) is 1.94. The van der Waals surface area contributed by atoms with E-state index < -0.39 is 0 Å². The van der Waals surface area contributed by atoms with Crippen molar-refractivity contribution in [3.8, 4) is 0 Å². The van der Waals surface area contributed by atoms with E-state index in [4.69, 9.17) is 0 Å². The smallest absolute Gasteiger partial charge is 0.245 e. The van der Waals surface area contributed by atoms with E-state index in [1.807, 2.05) is 47.7 Å². The number of fused-ring (bicyclic) bond motifs is 1. The highest BCUT2D eigenvalue weighted by Gasteiger charge is 2.20. The number of rotatable bonds is 5. The van der Waals surface area contributed by atoms with Gasteiger partial charge >= 0.3 is 0 Å². The van der Waals surface area contributed by atoms with E-state index in [2.05, 4.69) is 11.9 Å². The quantitative estimate of drug-likeness (QED) is 0.828. The molecule has 102 valence electrons.